The van der Waals surface area contributed by atoms with Crippen LogP contribution < -0.4 is 0 Å². The van der Waals surface area contributed by atoms with Crippen LogP contribution in [0.1, 0.15) is 74.9 Å². The van der Waals surface area contributed by atoms with Gasteiger partial charge in [0, 0.05) is 18.2 Å². The monoisotopic (exact) mass is 307 g/mol. The van der Waals surface area contributed by atoms with Gasteiger partial charge in [0.2, 0.25) is 0 Å². The van der Waals surface area contributed by atoms with Gasteiger partial charge in [-0.05, 0) is 29.1 Å². The van der Waals surface area contributed by atoms with Crippen molar-refractivity contribution in [3.8, 4) is 0 Å². The van der Waals surface area contributed by atoms with Gasteiger partial charge in [-0.25, -0.2) is 0 Å². The zero-order valence-corrected chi connectivity index (χ0v) is 16.4. The molecule has 0 aromatic carbocycles. The van der Waals surface area contributed by atoms with E-state index in [-0.39, 0.29) is 10.8 Å². The summed E-state index contributed by atoms with van der Waals surface area (Å²) in [4.78, 5) is 0. The van der Waals surface area contributed by atoms with Crippen LogP contribution in [0.4, 0.5) is 0 Å². The van der Waals surface area contributed by atoms with Crippen molar-refractivity contribution in [3.05, 3.63) is 11.9 Å². The van der Waals surface area contributed by atoms with Crippen LogP contribution in [-0.4, -0.2) is 15.0 Å². The van der Waals surface area contributed by atoms with E-state index < -0.39 is 0 Å². The van der Waals surface area contributed by atoms with Gasteiger partial charge in [0.15, 0.2) is 0 Å². The van der Waals surface area contributed by atoms with E-state index in [0.717, 1.165) is 12.2 Å². The maximum atomic E-state index is 4.52. The van der Waals surface area contributed by atoms with Crippen LogP contribution >= 0.6 is 0 Å². The lowest BCUT2D eigenvalue weighted by molar-refractivity contribution is 0.122. The molecule has 0 aliphatic heterocycles. The largest absolute Gasteiger partial charge is 0.252 e. The van der Waals surface area contributed by atoms with Gasteiger partial charge in [-0.3, -0.25) is 4.68 Å². The van der Waals surface area contributed by atoms with Crippen LogP contribution in [0.5, 0.6) is 0 Å². The Bertz CT molecular complexity index is 459. The molecule has 22 heavy (non-hydrogen) atoms. The molecule has 0 radical (unpaired) electrons. The van der Waals surface area contributed by atoms with Gasteiger partial charge in [0.25, 0.3) is 0 Å². The zero-order valence-electron chi connectivity index (χ0n) is 16.4. The summed E-state index contributed by atoms with van der Waals surface area (Å²) in [5.41, 5.74) is 1.28. The van der Waals surface area contributed by atoms with Gasteiger partial charge in [0.05, 0.1) is 5.69 Å². The molecule has 1 aromatic heterocycles. The predicted octanol–water partition coefficient (Wildman–Crippen LogP) is 5.17. The summed E-state index contributed by atoms with van der Waals surface area (Å²) in [6.07, 6.45) is 2.17. The molecule has 0 bridgehead atoms. The van der Waals surface area contributed by atoms with Gasteiger partial charge < -0.3 is 0 Å². The first-order chi connectivity index (χ1) is 9.91. The minimum atomic E-state index is 0.00454. The molecule has 0 aliphatic carbocycles. The van der Waals surface area contributed by atoms with Crippen molar-refractivity contribution in [1.82, 2.24) is 15.0 Å². The van der Waals surface area contributed by atoms with Crippen molar-refractivity contribution in [2.75, 3.05) is 0 Å². The molecule has 0 fully saturated rings. The van der Waals surface area contributed by atoms with E-state index in [2.05, 4.69) is 90.4 Å². The Labute approximate surface area is 137 Å². The summed E-state index contributed by atoms with van der Waals surface area (Å²) in [5, 5.41) is 8.95. The average Bonchev–Trinajstić information content (AvgIpc) is 2.83. The Morgan fingerprint density at radius 1 is 0.955 bits per heavy atom. The molecule has 1 rings (SSSR count). The zero-order chi connectivity index (χ0) is 17.3. The topological polar surface area (TPSA) is 30.7 Å². The van der Waals surface area contributed by atoms with Crippen LogP contribution in [0.15, 0.2) is 6.20 Å². The summed E-state index contributed by atoms with van der Waals surface area (Å²) < 4.78 is 2.05. The lowest BCUT2D eigenvalue weighted by Crippen LogP contribution is -2.40. The number of rotatable bonds is 7. The normalized spacial score (nSPS) is 13.9. The summed E-state index contributed by atoms with van der Waals surface area (Å²) in [5.74, 6) is 2.54. The van der Waals surface area contributed by atoms with Crippen molar-refractivity contribution in [1.29, 1.82) is 0 Å². The van der Waals surface area contributed by atoms with Crippen molar-refractivity contribution in [2.24, 2.45) is 29.1 Å². The SMILES string of the molecule is CC(C)C(Cn1cc(C(C)(C)C(C)(C)C(C)C)nn1)C(C)C. The number of aromatic nitrogens is 3. The fourth-order valence-electron chi connectivity index (χ4n) is 3.13. The van der Waals surface area contributed by atoms with Crippen molar-refractivity contribution >= 4 is 0 Å². The summed E-state index contributed by atoms with van der Waals surface area (Å²) in [6.45, 7) is 24.0. The van der Waals surface area contributed by atoms with E-state index in [4.69, 9.17) is 0 Å². The Morgan fingerprint density at radius 3 is 1.86 bits per heavy atom. The molecule has 0 aliphatic rings. The highest BCUT2D eigenvalue weighted by Gasteiger charge is 2.42. The molecule has 0 saturated carbocycles. The standard InChI is InChI=1S/C19H37N3/c1-13(2)16(14(3)4)11-22-12-17(20-21-22)19(9,10)18(7,8)15(5)6/h12-16H,11H2,1-10H3. The molecular weight excluding hydrogens is 270 g/mol. The lowest BCUT2D eigenvalue weighted by Gasteiger charge is -2.43. The van der Waals surface area contributed by atoms with E-state index in [0.29, 0.717) is 23.7 Å². The van der Waals surface area contributed by atoms with Crippen molar-refractivity contribution in [2.45, 2.75) is 81.2 Å². The lowest BCUT2D eigenvalue weighted by atomic mass is 9.61. The molecule has 0 spiro atoms. The first kappa shape index (κ1) is 19.2. The minimum Gasteiger partial charge on any atom is -0.252 e. The molecule has 3 nitrogen and oxygen atoms in total. The first-order valence-corrected chi connectivity index (χ1v) is 8.81. The van der Waals surface area contributed by atoms with Crippen LogP contribution in [0.25, 0.3) is 0 Å². The first-order valence-electron chi connectivity index (χ1n) is 8.81. The molecule has 0 N–H and O–H groups in total. The van der Waals surface area contributed by atoms with Gasteiger partial charge in [-0.15, -0.1) is 5.10 Å². The van der Waals surface area contributed by atoms with Crippen LogP contribution in [0.2, 0.25) is 0 Å². The number of nitrogens with zero attached hydrogens (tertiary/aromatic N) is 3. The summed E-state index contributed by atoms with van der Waals surface area (Å²) in [7, 11) is 0. The van der Waals surface area contributed by atoms with Gasteiger partial charge >= 0.3 is 0 Å². The van der Waals surface area contributed by atoms with Gasteiger partial charge in [-0.2, -0.15) is 0 Å². The highest BCUT2D eigenvalue weighted by molar-refractivity contribution is 5.15. The quantitative estimate of drug-likeness (QED) is 0.696. The molecule has 3 heteroatoms. The molecule has 0 amide bonds. The molecule has 1 aromatic rings. The predicted molar refractivity (Wildman–Crippen MR) is 94.8 cm³/mol. The molecule has 0 saturated heterocycles. The van der Waals surface area contributed by atoms with E-state index in [1.54, 1.807) is 0 Å². The average molecular weight is 308 g/mol. The van der Waals surface area contributed by atoms with E-state index in [1.165, 1.54) is 0 Å². The molecule has 0 unspecified atom stereocenters. The van der Waals surface area contributed by atoms with Crippen LogP contribution in [0, 0.1) is 29.1 Å². The Hall–Kier alpha value is -0.860. The van der Waals surface area contributed by atoms with E-state index >= 15 is 0 Å². The van der Waals surface area contributed by atoms with E-state index in [9.17, 15) is 0 Å². The van der Waals surface area contributed by atoms with Crippen LogP contribution in [-0.2, 0) is 12.0 Å². The Kier molecular flexibility index (Phi) is 5.86. The summed E-state index contributed by atoms with van der Waals surface area (Å²) >= 11 is 0. The Balaban J connectivity index is 3.01. The highest BCUT2D eigenvalue weighted by Crippen LogP contribution is 2.45. The fraction of sp³-hybridized carbons (Fsp3) is 0.895. The molecule has 128 valence electrons. The third-order valence-corrected chi connectivity index (χ3v) is 6.34. The maximum absolute atomic E-state index is 4.52. The number of hydrogen-bond donors (Lipinski definition) is 0. The van der Waals surface area contributed by atoms with E-state index in [1.807, 2.05) is 0 Å². The molecular formula is C19H37N3. The van der Waals surface area contributed by atoms with Crippen molar-refractivity contribution in [3.63, 3.8) is 0 Å². The fourth-order valence-corrected chi connectivity index (χ4v) is 3.13. The minimum absolute atomic E-state index is 0.00454. The second-order valence-corrected chi connectivity index (χ2v) is 8.98. The van der Waals surface area contributed by atoms with Crippen LogP contribution in [0.3, 0.4) is 0 Å². The van der Waals surface area contributed by atoms with Crippen molar-refractivity contribution < 1.29 is 0 Å². The second-order valence-electron chi connectivity index (χ2n) is 8.98. The summed E-state index contributed by atoms with van der Waals surface area (Å²) in [6, 6.07) is 0. The highest BCUT2D eigenvalue weighted by atomic mass is 15.4. The third-order valence-electron chi connectivity index (χ3n) is 6.34. The smallest absolute Gasteiger partial charge is 0.0888 e. The molecule has 1 heterocycles. The van der Waals surface area contributed by atoms with Gasteiger partial charge in [-0.1, -0.05) is 74.5 Å². The maximum Gasteiger partial charge on any atom is 0.0888 e. The second kappa shape index (κ2) is 6.72. The third kappa shape index (κ3) is 3.72. The number of hydrogen-bond acceptors (Lipinski definition) is 2. The van der Waals surface area contributed by atoms with Gasteiger partial charge in [0.1, 0.15) is 0 Å². The molecule has 0 atom stereocenters. The Morgan fingerprint density at radius 2 is 1.45 bits per heavy atom.